The molecule has 1 saturated heterocycles. The van der Waals surface area contributed by atoms with Crippen LogP contribution in [0, 0.1) is 0 Å². The molecule has 0 radical (unpaired) electrons. The van der Waals surface area contributed by atoms with Crippen molar-refractivity contribution in [1.82, 2.24) is 4.90 Å². The first-order valence-corrected chi connectivity index (χ1v) is 5.14. The van der Waals surface area contributed by atoms with Crippen molar-refractivity contribution < 1.29 is 9.47 Å². The third-order valence-corrected chi connectivity index (χ3v) is 3.10. The Kier molecular flexibility index (Phi) is 2.78. The molecule has 3 nitrogen and oxygen atoms in total. The molecule has 1 fully saturated rings. The monoisotopic (exact) mass is 207 g/mol. The molecule has 0 aliphatic carbocycles. The van der Waals surface area contributed by atoms with Gasteiger partial charge >= 0.3 is 0 Å². The van der Waals surface area contributed by atoms with Crippen molar-refractivity contribution in [3.8, 4) is 0 Å². The molecule has 2 rings (SSSR count). The van der Waals surface area contributed by atoms with Crippen LogP contribution >= 0.6 is 0 Å². The average Bonchev–Trinajstić information content (AvgIpc) is 2.16. The maximum Gasteiger partial charge on any atom is 0.223 e. The highest BCUT2D eigenvalue weighted by Crippen LogP contribution is 2.30. The molecule has 0 saturated carbocycles. The second-order valence-corrected chi connectivity index (χ2v) is 4.29. The Morgan fingerprint density at radius 1 is 1.20 bits per heavy atom. The highest BCUT2D eigenvalue weighted by atomic mass is 16.9. The Morgan fingerprint density at radius 2 is 1.80 bits per heavy atom. The molecule has 82 valence electrons. The lowest BCUT2D eigenvalue weighted by molar-refractivity contribution is -0.384. The Bertz CT molecular complexity index is 320. The van der Waals surface area contributed by atoms with Crippen LogP contribution in [0.1, 0.15) is 19.4 Å². The third-order valence-electron chi connectivity index (χ3n) is 3.10. The number of hydrogen-bond donors (Lipinski definition) is 0. The summed E-state index contributed by atoms with van der Waals surface area (Å²) in [6.07, 6.45) is -0.208. The molecule has 3 heteroatoms. The topological polar surface area (TPSA) is 21.7 Å². The van der Waals surface area contributed by atoms with E-state index >= 15 is 0 Å². The third kappa shape index (κ3) is 1.91. The Balaban J connectivity index is 2.18. The minimum absolute atomic E-state index is 0.0909. The van der Waals surface area contributed by atoms with Gasteiger partial charge in [-0.05, 0) is 26.5 Å². The lowest BCUT2D eigenvalue weighted by Gasteiger charge is -2.44. The van der Waals surface area contributed by atoms with Crippen molar-refractivity contribution in [3.05, 3.63) is 35.9 Å². The zero-order valence-corrected chi connectivity index (χ0v) is 9.43. The van der Waals surface area contributed by atoms with Crippen molar-refractivity contribution in [2.24, 2.45) is 0 Å². The van der Waals surface area contributed by atoms with Crippen LogP contribution < -0.4 is 0 Å². The first kappa shape index (κ1) is 10.6. The molecule has 0 aromatic heterocycles. The van der Waals surface area contributed by atoms with Crippen LogP contribution in [0.3, 0.4) is 0 Å². The molecule has 1 aromatic rings. The molecule has 1 heterocycles. The standard InChI is InChI=1S/C12H17NO2/c1-12(2,10-7-5-4-6-8-10)13(3)11-14-9-15-11/h4-8,11H,9H2,1-3H3. The van der Waals surface area contributed by atoms with E-state index in [2.05, 4.69) is 30.9 Å². The van der Waals surface area contributed by atoms with Crippen molar-refractivity contribution in [3.63, 3.8) is 0 Å². The number of benzene rings is 1. The molecule has 1 aliphatic rings. The van der Waals surface area contributed by atoms with Crippen molar-refractivity contribution in [2.45, 2.75) is 25.8 Å². The first-order chi connectivity index (χ1) is 7.12. The normalized spacial score (nSPS) is 17.9. The number of hydrogen-bond acceptors (Lipinski definition) is 3. The Hall–Kier alpha value is -0.900. The van der Waals surface area contributed by atoms with E-state index in [4.69, 9.17) is 9.47 Å². The van der Waals surface area contributed by atoms with E-state index in [0.29, 0.717) is 6.79 Å². The van der Waals surface area contributed by atoms with E-state index in [-0.39, 0.29) is 12.0 Å². The largest absolute Gasteiger partial charge is 0.313 e. The van der Waals surface area contributed by atoms with Crippen LogP contribution in [0.25, 0.3) is 0 Å². The minimum Gasteiger partial charge on any atom is -0.313 e. The smallest absolute Gasteiger partial charge is 0.223 e. The Morgan fingerprint density at radius 3 is 2.27 bits per heavy atom. The number of ether oxygens (including phenoxy) is 2. The fourth-order valence-electron chi connectivity index (χ4n) is 1.67. The predicted octanol–water partition coefficient (Wildman–Crippen LogP) is 2.14. The van der Waals surface area contributed by atoms with Gasteiger partial charge in [-0.2, -0.15) is 0 Å². The van der Waals surface area contributed by atoms with Crippen LogP contribution in [0.2, 0.25) is 0 Å². The molecule has 1 aliphatic heterocycles. The van der Waals surface area contributed by atoms with Gasteiger partial charge < -0.3 is 9.47 Å². The summed E-state index contributed by atoms with van der Waals surface area (Å²) in [7, 11) is 2.01. The molecule has 0 N–H and O–H groups in total. The molecule has 0 bridgehead atoms. The predicted molar refractivity (Wildman–Crippen MR) is 58.1 cm³/mol. The van der Waals surface area contributed by atoms with Gasteiger partial charge in [0.1, 0.15) is 0 Å². The highest BCUT2D eigenvalue weighted by Gasteiger charge is 2.35. The SMILES string of the molecule is CN(C1OCO1)C(C)(C)c1ccccc1. The summed E-state index contributed by atoms with van der Waals surface area (Å²) in [6.45, 7) is 4.72. The summed E-state index contributed by atoms with van der Waals surface area (Å²) in [5.41, 5.74) is 1.17. The number of nitrogens with zero attached hydrogens (tertiary/aromatic N) is 1. The maximum atomic E-state index is 5.30. The van der Waals surface area contributed by atoms with Gasteiger partial charge in [0.15, 0.2) is 6.79 Å². The van der Waals surface area contributed by atoms with E-state index in [0.717, 1.165) is 0 Å². The van der Waals surface area contributed by atoms with E-state index in [1.54, 1.807) is 0 Å². The van der Waals surface area contributed by atoms with Gasteiger partial charge in [-0.3, -0.25) is 0 Å². The highest BCUT2D eigenvalue weighted by molar-refractivity contribution is 5.22. The lowest BCUT2D eigenvalue weighted by atomic mass is 9.93. The summed E-state index contributed by atoms with van der Waals surface area (Å²) in [5.74, 6) is 0. The molecule has 1 aromatic carbocycles. The molecule has 0 atom stereocenters. The van der Waals surface area contributed by atoms with Crippen LogP contribution in [-0.2, 0) is 15.0 Å². The van der Waals surface area contributed by atoms with Crippen molar-refractivity contribution >= 4 is 0 Å². The molecular weight excluding hydrogens is 190 g/mol. The van der Waals surface area contributed by atoms with Gasteiger partial charge in [0.25, 0.3) is 0 Å². The van der Waals surface area contributed by atoms with Gasteiger partial charge in [0, 0.05) is 5.54 Å². The zero-order valence-electron chi connectivity index (χ0n) is 9.43. The van der Waals surface area contributed by atoms with Crippen molar-refractivity contribution in [1.29, 1.82) is 0 Å². The van der Waals surface area contributed by atoms with Gasteiger partial charge in [-0.1, -0.05) is 30.3 Å². The van der Waals surface area contributed by atoms with Crippen LogP contribution in [0.5, 0.6) is 0 Å². The Labute approximate surface area is 90.6 Å². The molecule has 15 heavy (non-hydrogen) atoms. The molecule has 0 spiro atoms. The summed E-state index contributed by atoms with van der Waals surface area (Å²) < 4.78 is 10.6. The van der Waals surface area contributed by atoms with Crippen molar-refractivity contribution in [2.75, 3.05) is 13.8 Å². The average molecular weight is 207 g/mol. The summed E-state index contributed by atoms with van der Waals surface area (Å²) in [5, 5.41) is 0. The molecule has 0 unspecified atom stereocenters. The zero-order chi connectivity index (χ0) is 10.9. The number of rotatable bonds is 3. The van der Waals surface area contributed by atoms with E-state index in [1.165, 1.54) is 5.56 Å². The summed E-state index contributed by atoms with van der Waals surface area (Å²) >= 11 is 0. The quantitative estimate of drug-likeness (QED) is 0.758. The first-order valence-electron chi connectivity index (χ1n) is 5.14. The lowest BCUT2D eigenvalue weighted by Crippen LogP contribution is -2.52. The summed E-state index contributed by atoms with van der Waals surface area (Å²) in [6, 6.07) is 10.4. The fourth-order valence-corrected chi connectivity index (χ4v) is 1.67. The van der Waals surface area contributed by atoms with E-state index in [9.17, 15) is 0 Å². The van der Waals surface area contributed by atoms with Crippen LogP contribution in [0.4, 0.5) is 0 Å². The molecule has 0 amide bonds. The van der Waals surface area contributed by atoms with Crippen LogP contribution in [-0.4, -0.2) is 25.2 Å². The second-order valence-electron chi connectivity index (χ2n) is 4.29. The van der Waals surface area contributed by atoms with Gasteiger partial charge in [0.2, 0.25) is 6.41 Å². The van der Waals surface area contributed by atoms with E-state index < -0.39 is 0 Å². The molecular formula is C12H17NO2. The van der Waals surface area contributed by atoms with Gasteiger partial charge in [-0.25, -0.2) is 4.90 Å². The fraction of sp³-hybridized carbons (Fsp3) is 0.500. The van der Waals surface area contributed by atoms with Gasteiger partial charge in [-0.15, -0.1) is 0 Å². The van der Waals surface area contributed by atoms with Gasteiger partial charge in [0.05, 0.1) is 0 Å². The minimum atomic E-state index is -0.208. The second kappa shape index (κ2) is 3.93. The van der Waals surface area contributed by atoms with Crippen LogP contribution in [0.15, 0.2) is 30.3 Å². The van der Waals surface area contributed by atoms with E-state index in [1.807, 2.05) is 25.2 Å². The maximum absolute atomic E-state index is 5.30. The summed E-state index contributed by atoms with van der Waals surface area (Å²) in [4.78, 5) is 2.09.